The average molecular weight is 470 g/mol. The molecule has 2 N–H and O–H groups in total. The van der Waals surface area contributed by atoms with Gasteiger partial charge in [-0.15, -0.1) is 0 Å². The number of nitrogens with zero attached hydrogens (tertiary/aromatic N) is 2. The molecule has 1 aliphatic heterocycles. The normalized spacial score (nSPS) is 16.6. The molecule has 0 bridgehead atoms. The summed E-state index contributed by atoms with van der Waals surface area (Å²) in [5.41, 5.74) is 1.22. The van der Waals surface area contributed by atoms with E-state index in [2.05, 4.69) is 15.0 Å². The summed E-state index contributed by atoms with van der Waals surface area (Å²) in [4.78, 5) is 54.0. The van der Waals surface area contributed by atoms with Crippen molar-refractivity contribution in [3.8, 4) is 0 Å². The van der Waals surface area contributed by atoms with Crippen molar-refractivity contribution in [2.24, 2.45) is 4.99 Å². The summed E-state index contributed by atoms with van der Waals surface area (Å²) in [6.45, 7) is 0.279. The first kappa shape index (κ1) is 24.0. The maximum Gasteiger partial charge on any atom is 0.335 e. The summed E-state index contributed by atoms with van der Waals surface area (Å²) in [6.07, 6.45) is 0.494. The van der Waals surface area contributed by atoms with Crippen LogP contribution in [0.15, 0.2) is 59.6 Å². The smallest absolute Gasteiger partial charge is 0.335 e. The van der Waals surface area contributed by atoms with Crippen molar-refractivity contribution in [3.05, 3.63) is 60.2 Å². The van der Waals surface area contributed by atoms with E-state index >= 15 is 0 Å². The lowest BCUT2D eigenvalue weighted by Crippen LogP contribution is -2.34. The number of hydrogen-bond donors (Lipinski definition) is 2. The fourth-order valence-electron chi connectivity index (χ4n) is 3.10. The number of thioether (sulfide) groups is 1. The number of anilines is 1. The van der Waals surface area contributed by atoms with Crippen LogP contribution in [0.2, 0.25) is 0 Å². The average Bonchev–Trinajstić information content (AvgIpc) is 3.08. The number of aromatic carboxylic acids is 1. The molecule has 0 radical (unpaired) electrons. The Labute approximate surface area is 194 Å². The topological polar surface area (TPSA) is 125 Å². The second kappa shape index (κ2) is 11.3. The molecule has 0 saturated carbocycles. The fraction of sp³-hybridized carbons (Fsp3) is 0.261. The quantitative estimate of drug-likeness (QED) is 0.540. The summed E-state index contributed by atoms with van der Waals surface area (Å²) in [6, 6.07) is 14.9. The van der Waals surface area contributed by atoms with Gasteiger partial charge >= 0.3 is 11.9 Å². The van der Waals surface area contributed by atoms with Gasteiger partial charge < -0.3 is 15.2 Å². The third kappa shape index (κ3) is 6.66. The molecule has 1 atom stereocenters. The van der Waals surface area contributed by atoms with Gasteiger partial charge in [0.2, 0.25) is 11.8 Å². The lowest BCUT2D eigenvalue weighted by atomic mass is 10.2. The number of carbonyl (C=O) groups excluding carboxylic acids is 3. The van der Waals surface area contributed by atoms with Crippen molar-refractivity contribution >= 4 is 52.1 Å². The molecule has 0 aromatic heterocycles. The number of rotatable bonds is 9. The van der Waals surface area contributed by atoms with Crippen LogP contribution in [0, 0.1) is 0 Å². The molecule has 3 rings (SSSR count). The van der Waals surface area contributed by atoms with E-state index < -0.39 is 11.2 Å². The molecular formula is C23H23N3O6S. The Kier molecular flexibility index (Phi) is 8.20. The number of carboxylic acid groups (broad SMARTS) is 1. The molecule has 2 aromatic rings. The van der Waals surface area contributed by atoms with Gasteiger partial charge in [-0.25, -0.2) is 9.79 Å². The molecule has 1 fully saturated rings. The molecule has 0 spiro atoms. The highest BCUT2D eigenvalue weighted by Gasteiger charge is 2.39. The minimum atomic E-state index is -1.06. The molecule has 0 unspecified atom stereocenters. The van der Waals surface area contributed by atoms with Crippen LogP contribution in [0.4, 0.5) is 11.4 Å². The molecular weight excluding hydrogens is 446 g/mol. The molecule has 172 valence electrons. The lowest BCUT2D eigenvalue weighted by Gasteiger charge is -2.16. The predicted octanol–water partition coefficient (Wildman–Crippen LogP) is 3.30. The van der Waals surface area contributed by atoms with E-state index in [0.29, 0.717) is 23.0 Å². The van der Waals surface area contributed by atoms with Gasteiger partial charge in [-0.3, -0.25) is 19.3 Å². The van der Waals surface area contributed by atoms with Crippen molar-refractivity contribution < 1.29 is 29.0 Å². The molecule has 1 saturated heterocycles. The summed E-state index contributed by atoms with van der Waals surface area (Å²) in [5, 5.41) is 11.5. The Hall–Kier alpha value is -3.66. The molecule has 1 aliphatic rings. The first-order valence-electron chi connectivity index (χ1n) is 10.2. The zero-order chi connectivity index (χ0) is 23.8. The van der Waals surface area contributed by atoms with Gasteiger partial charge in [0.05, 0.1) is 18.4 Å². The van der Waals surface area contributed by atoms with Crippen molar-refractivity contribution in [2.45, 2.75) is 24.5 Å². The van der Waals surface area contributed by atoms with Gasteiger partial charge in [0.1, 0.15) is 5.25 Å². The van der Waals surface area contributed by atoms with Gasteiger partial charge in [-0.05, 0) is 42.8 Å². The zero-order valence-corrected chi connectivity index (χ0v) is 18.7. The van der Waals surface area contributed by atoms with Crippen molar-refractivity contribution in [2.75, 3.05) is 19.0 Å². The number of amides is 2. The Morgan fingerprint density at radius 3 is 2.45 bits per heavy atom. The van der Waals surface area contributed by atoms with Crippen LogP contribution in [-0.4, -0.2) is 57.8 Å². The molecule has 2 amide bonds. The molecule has 9 nitrogen and oxygen atoms in total. The van der Waals surface area contributed by atoms with Crippen LogP contribution >= 0.6 is 11.8 Å². The number of esters is 1. The predicted molar refractivity (Wildman–Crippen MR) is 125 cm³/mol. The third-order valence-corrected chi connectivity index (χ3v) is 5.95. The first-order valence-corrected chi connectivity index (χ1v) is 11.1. The number of aliphatic imine (C=N–C) groups is 1. The SMILES string of the molecule is COC(=O)CCCN1C(=O)[C@H](CC(=O)Nc2ccc(C(=O)O)cc2)SC1=Nc1ccccc1. The standard InChI is InChI=1S/C23H23N3O6S/c1-32-20(28)8-5-13-26-21(29)18(33-23(26)25-16-6-3-2-4-7-16)14-19(27)24-17-11-9-15(10-12-17)22(30)31/h2-4,6-7,9-12,18H,5,8,13-14H2,1H3,(H,24,27)(H,30,31)/t18-/m0/s1. The van der Waals surface area contributed by atoms with E-state index in [1.807, 2.05) is 30.3 Å². The number of carboxylic acids is 1. The number of amidine groups is 1. The van der Waals surface area contributed by atoms with E-state index in [9.17, 15) is 19.2 Å². The highest BCUT2D eigenvalue weighted by Crippen LogP contribution is 2.32. The summed E-state index contributed by atoms with van der Waals surface area (Å²) >= 11 is 1.20. The van der Waals surface area contributed by atoms with E-state index in [-0.39, 0.29) is 42.7 Å². The van der Waals surface area contributed by atoms with Crippen molar-refractivity contribution in [1.29, 1.82) is 0 Å². The van der Waals surface area contributed by atoms with Crippen LogP contribution in [0.3, 0.4) is 0 Å². The van der Waals surface area contributed by atoms with Gasteiger partial charge in [0, 0.05) is 25.1 Å². The molecule has 0 aliphatic carbocycles. The lowest BCUT2D eigenvalue weighted by molar-refractivity contribution is -0.141. The van der Waals surface area contributed by atoms with Crippen LogP contribution in [0.25, 0.3) is 0 Å². The molecule has 33 heavy (non-hydrogen) atoms. The third-order valence-electron chi connectivity index (χ3n) is 4.78. The number of para-hydroxylation sites is 1. The molecule has 2 aromatic carbocycles. The maximum absolute atomic E-state index is 13.0. The molecule has 10 heteroatoms. The number of ether oxygens (including phenoxy) is 1. The second-order valence-corrected chi connectivity index (χ2v) is 8.31. The van der Waals surface area contributed by atoms with E-state index in [0.717, 1.165) is 0 Å². The van der Waals surface area contributed by atoms with Crippen molar-refractivity contribution in [1.82, 2.24) is 4.90 Å². The minimum absolute atomic E-state index is 0.0779. The van der Waals surface area contributed by atoms with Gasteiger partial charge in [-0.2, -0.15) is 0 Å². The Morgan fingerprint density at radius 2 is 1.82 bits per heavy atom. The zero-order valence-electron chi connectivity index (χ0n) is 17.9. The van der Waals surface area contributed by atoms with E-state index in [1.165, 1.54) is 48.0 Å². The van der Waals surface area contributed by atoms with E-state index in [4.69, 9.17) is 5.11 Å². The largest absolute Gasteiger partial charge is 0.478 e. The number of carbonyl (C=O) groups is 4. The highest BCUT2D eigenvalue weighted by molar-refractivity contribution is 8.15. The van der Waals surface area contributed by atoms with Gasteiger partial charge in [0.25, 0.3) is 0 Å². The fourth-order valence-corrected chi connectivity index (χ4v) is 4.29. The number of methoxy groups -OCH3 is 1. The summed E-state index contributed by atoms with van der Waals surface area (Å²) < 4.78 is 4.65. The van der Waals surface area contributed by atoms with Crippen LogP contribution < -0.4 is 5.32 Å². The Bertz CT molecular complexity index is 1060. The minimum Gasteiger partial charge on any atom is -0.478 e. The van der Waals surface area contributed by atoms with Gasteiger partial charge in [-0.1, -0.05) is 30.0 Å². The molecule has 1 heterocycles. The Morgan fingerprint density at radius 1 is 1.12 bits per heavy atom. The summed E-state index contributed by atoms with van der Waals surface area (Å²) in [5.74, 6) is -2.05. The Balaban J connectivity index is 1.68. The maximum atomic E-state index is 13.0. The first-order chi connectivity index (χ1) is 15.9. The van der Waals surface area contributed by atoms with Crippen molar-refractivity contribution in [3.63, 3.8) is 0 Å². The van der Waals surface area contributed by atoms with Gasteiger partial charge in [0.15, 0.2) is 5.17 Å². The van der Waals surface area contributed by atoms with Crippen LogP contribution in [0.5, 0.6) is 0 Å². The van der Waals surface area contributed by atoms with Crippen LogP contribution in [-0.2, 0) is 19.1 Å². The van der Waals surface area contributed by atoms with E-state index in [1.54, 1.807) is 0 Å². The highest BCUT2D eigenvalue weighted by atomic mass is 32.2. The monoisotopic (exact) mass is 469 g/mol. The second-order valence-electron chi connectivity index (χ2n) is 7.14. The number of nitrogens with one attached hydrogen (secondary N) is 1. The summed E-state index contributed by atoms with van der Waals surface area (Å²) in [7, 11) is 1.31. The van der Waals surface area contributed by atoms with Crippen LogP contribution in [0.1, 0.15) is 29.6 Å². The number of benzene rings is 2. The number of hydrogen-bond acceptors (Lipinski definition) is 7.